The van der Waals surface area contributed by atoms with Crippen molar-refractivity contribution in [2.45, 2.75) is 25.6 Å². The first-order valence-electron chi connectivity index (χ1n) is 9.65. The van der Waals surface area contributed by atoms with E-state index in [1.165, 1.54) is 12.8 Å². The van der Waals surface area contributed by atoms with Crippen LogP contribution in [0.4, 0.5) is 0 Å². The van der Waals surface area contributed by atoms with Gasteiger partial charge in [-0.15, -0.1) is 0 Å². The summed E-state index contributed by atoms with van der Waals surface area (Å²) in [6.45, 7) is 3.28. The fourth-order valence-electron chi connectivity index (χ4n) is 3.81. The third-order valence-electron chi connectivity index (χ3n) is 5.21. The average molecular weight is 395 g/mol. The van der Waals surface area contributed by atoms with Crippen molar-refractivity contribution in [2.24, 2.45) is 0 Å². The minimum atomic E-state index is -0.323. The van der Waals surface area contributed by atoms with Gasteiger partial charge in [-0.2, -0.15) is 5.10 Å². The van der Waals surface area contributed by atoms with Gasteiger partial charge in [-0.25, -0.2) is 4.68 Å². The fourth-order valence-corrected chi connectivity index (χ4v) is 4.10. The van der Waals surface area contributed by atoms with Crippen molar-refractivity contribution in [3.63, 3.8) is 0 Å². The van der Waals surface area contributed by atoms with Crippen molar-refractivity contribution in [2.75, 3.05) is 19.7 Å². The van der Waals surface area contributed by atoms with Crippen LogP contribution in [0.5, 0.6) is 11.5 Å². The Hall–Kier alpha value is -2.64. The molecule has 1 atom stereocenters. The Labute approximate surface area is 168 Å². The summed E-state index contributed by atoms with van der Waals surface area (Å²) in [5.41, 5.74) is 0.984. The second-order valence-electron chi connectivity index (χ2n) is 7.14. The minimum absolute atomic E-state index is 0.323. The predicted octanol–water partition coefficient (Wildman–Crippen LogP) is 3.97. The maximum atomic E-state index is 6.24. The van der Waals surface area contributed by atoms with Gasteiger partial charge in [0.15, 0.2) is 23.4 Å². The van der Waals surface area contributed by atoms with E-state index in [0.717, 1.165) is 36.1 Å². The van der Waals surface area contributed by atoms with Crippen LogP contribution in [0, 0.1) is 4.77 Å². The highest BCUT2D eigenvalue weighted by molar-refractivity contribution is 7.71. The van der Waals surface area contributed by atoms with E-state index in [1.807, 2.05) is 63.8 Å². The number of rotatable bonds is 4. The van der Waals surface area contributed by atoms with Crippen LogP contribution in [-0.4, -0.2) is 38.9 Å². The van der Waals surface area contributed by atoms with E-state index in [0.29, 0.717) is 18.0 Å². The number of ether oxygens (including phenoxy) is 2. The molecule has 2 aliphatic heterocycles. The minimum Gasteiger partial charge on any atom is -0.485 e. The van der Waals surface area contributed by atoms with Crippen molar-refractivity contribution >= 4 is 12.2 Å². The number of hydrogen-bond donors (Lipinski definition) is 0. The Morgan fingerprint density at radius 3 is 2.46 bits per heavy atom. The predicted molar refractivity (Wildman–Crippen MR) is 109 cm³/mol. The standard InChI is InChI=1S/C21H22N4O2S/c28-21-24(15-23-12-6-7-13-23)22-20(25(21)16-8-2-1-3-9-16)19-14-26-17-10-4-5-11-18(17)27-19/h1-5,8-11,19H,6-7,12-15H2/t19-/m1/s1. The second kappa shape index (κ2) is 7.41. The summed E-state index contributed by atoms with van der Waals surface area (Å²) in [4.78, 5) is 2.38. The third-order valence-corrected chi connectivity index (χ3v) is 5.60. The molecule has 5 rings (SSSR count). The molecule has 1 aromatic heterocycles. The van der Waals surface area contributed by atoms with Gasteiger partial charge in [0.1, 0.15) is 6.61 Å². The van der Waals surface area contributed by atoms with Crippen LogP contribution < -0.4 is 9.47 Å². The lowest BCUT2D eigenvalue weighted by Crippen LogP contribution is -2.25. The molecular formula is C21H22N4O2S. The molecule has 7 heteroatoms. The highest BCUT2D eigenvalue weighted by atomic mass is 32.1. The molecule has 0 spiro atoms. The molecule has 2 aromatic carbocycles. The maximum absolute atomic E-state index is 6.24. The highest BCUT2D eigenvalue weighted by Gasteiger charge is 2.29. The van der Waals surface area contributed by atoms with Crippen molar-refractivity contribution in [1.29, 1.82) is 0 Å². The fraction of sp³-hybridized carbons (Fsp3) is 0.333. The Morgan fingerprint density at radius 1 is 0.964 bits per heavy atom. The molecule has 2 aliphatic rings. The number of nitrogens with zero attached hydrogens (tertiary/aromatic N) is 4. The average Bonchev–Trinajstić information content (AvgIpc) is 3.37. The first kappa shape index (κ1) is 17.5. The monoisotopic (exact) mass is 394 g/mol. The number of para-hydroxylation sites is 3. The largest absolute Gasteiger partial charge is 0.485 e. The number of fused-ring (bicyclic) bond motifs is 1. The lowest BCUT2D eigenvalue weighted by atomic mass is 10.2. The van der Waals surface area contributed by atoms with Crippen LogP contribution in [0.3, 0.4) is 0 Å². The molecule has 0 N–H and O–H groups in total. The number of benzene rings is 2. The van der Waals surface area contributed by atoms with Gasteiger partial charge >= 0.3 is 0 Å². The SMILES string of the molecule is S=c1n(CN2CCCC2)nc([C@H]2COc3ccccc3O2)n1-c1ccccc1. The normalized spacial score (nSPS) is 19.1. The third kappa shape index (κ3) is 3.21. The quantitative estimate of drug-likeness (QED) is 0.627. The summed E-state index contributed by atoms with van der Waals surface area (Å²) in [5, 5.41) is 4.87. The molecule has 1 fully saturated rings. The van der Waals surface area contributed by atoms with Crippen molar-refractivity contribution in [3.8, 4) is 17.2 Å². The summed E-state index contributed by atoms with van der Waals surface area (Å²) in [6.07, 6.45) is 2.14. The van der Waals surface area contributed by atoms with Gasteiger partial charge in [0.25, 0.3) is 0 Å². The Kier molecular flexibility index (Phi) is 4.62. The van der Waals surface area contributed by atoms with E-state index in [4.69, 9.17) is 26.8 Å². The van der Waals surface area contributed by atoms with E-state index >= 15 is 0 Å². The highest BCUT2D eigenvalue weighted by Crippen LogP contribution is 2.36. The summed E-state index contributed by atoms with van der Waals surface area (Å²) in [5.74, 6) is 2.27. The van der Waals surface area contributed by atoms with Gasteiger partial charge in [0.2, 0.25) is 4.77 Å². The first-order chi connectivity index (χ1) is 13.8. The molecule has 1 saturated heterocycles. The van der Waals surface area contributed by atoms with E-state index in [-0.39, 0.29) is 6.10 Å². The molecule has 0 amide bonds. The van der Waals surface area contributed by atoms with Gasteiger partial charge in [0, 0.05) is 5.69 Å². The molecule has 0 saturated carbocycles. The van der Waals surface area contributed by atoms with E-state index < -0.39 is 0 Å². The van der Waals surface area contributed by atoms with Gasteiger partial charge < -0.3 is 9.47 Å². The van der Waals surface area contributed by atoms with Gasteiger partial charge in [0.05, 0.1) is 6.67 Å². The molecular weight excluding hydrogens is 372 g/mol. The van der Waals surface area contributed by atoms with Crippen molar-refractivity contribution in [3.05, 3.63) is 65.2 Å². The lowest BCUT2D eigenvalue weighted by Gasteiger charge is -2.26. The summed E-state index contributed by atoms with van der Waals surface area (Å²) >= 11 is 5.82. The Balaban J connectivity index is 1.55. The molecule has 3 heterocycles. The zero-order valence-electron chi connectivity index (χ0n) is 15.5. The summed E-state index contributed by atoms with van der Waals surface area (Å²) in [7, 11) is 0. The molecule has 0 unspecified atom stereocenters. The molecule has 3 aromatic rings. The molecule has 144 valence electrons. The van der Waals surface area contributed by atoms with E-state index in [1.54, 1.807) is 0 Å². The van der Waals surface area contributed by atoms with Crippen LogP contribution >= 0.6 is 12.2 Å². The van der Waals surface area contributed by atoms with Gasteiger partial charge in [-0.05, 0) is 62.4 Å². The van der Waals surface area contributed by atoms with Gasteiger partial charge in [-0.1, -0.05) is 30.3 Å². The zero-order chi connectivity index (χ0) is 18.9. The van der Waals surface area contributed by atoms with Crippen LogP contribution in [0.1, 0.15) is 24.8 Å². The first-order valence-corrected chi connectivity index (χ1v) is 10.1. The lowest BCUT2D eigenvalue weighted by molar-refractivity contribution is 0.0830. The van der Waals surface area contributed by atoms with Crippen LogP contribution in [0.2, 0.25) is 0 Å². The second-order valence-corrected chi connectivity index (χ2v) is 7.51. The zero-order valence-corrected chi connectivity index (χ0v) is 16.3. The smallest absolute Gasteiger partial charge is 0.203 e. The van der Waals surface area contributed by atoms with E-state index in [9.17, 15) is 0 Å². The van der Waals surface area contributed by atoms with Crippen LogP contribution in [0.15, 0.2) is 54.6 Å². The van der Waals surface area contributed by atoms with Gasteiger partial charge in [-0.3, -0.25) is 9.47 Å². The topological polar surface area (TPSA) is 44.5 Å². The molecule has 0 aliphatic carbocycles. The Morgan fingerprint density at radius 2 is 1.68 bits per heavy atom. The molecule has 28 heavy (non-hydrogen) atoms. The van der Waals surface area contributed by atoms with E-state index in [2.05, 4.69) is 4.90 Å². The van der Waals surface area contributed by atoms with Crippen molar-refractivity contribution < 1.29 is 9.47 Å². The number of aromatic nitrogens is 3. The number of likely N-dealkylation sites (tertiary alicyclic amines) is 1. The number of hydrogen-bond acceptors (Lipinski definition) is 5. The molecule has 0 radical (unpaired) electrons. The molecule has 6 nitrogen and oxygen atoms in total. The van der Waals surface area contributed by atoms with Crippen LogP contribution in [-0.2, 0) is 6.67 Å². The Bertz CT molecular complexity index is 1020. The summed E-state index contributed by atoms with van der Waals surface area (Å²) in [6, 6.07) is 17.8. The maximum Gasteiger partial charge on any atom is 0.203 e. The summed E-state index contributed by atoms with van der Waals surface area (Å²) < 4.78 is 16.8. The van der Waals surface area contributed by atoms with Crippen molar-refractivity contribution in [1.82, 2.24) is 19.2 Å². The molecule has 0 bridgehead atoms. The van der Waals surface area contributed by atoms with Crippen LogP contribution in [0.25, 0.3) is 5.69 Å².